The van der Waals surface area contributed by atoms with Crippen LogP contribution in [0.2, 0.25) is 0 Å². The summed E-state index contributed by atoms with van der Waals surface area (Å²) in [6.07, 6.45) is 5.57. The van der Waals surface area contributed by atoms with Gasteiger partial charge < -0.3 is 30.5 Å². The lowest BCUT2D eigenvalue weighted by molar-refractivity contribution is -0.139. The van der Waals surface area contributed by atoms with Crippen molar-refractivity contribution in [1.29, 1.82) is 0 Å². The largest absolute Gasteiger partial charge is 0.375 e. The minimum absolute atomic E-state index is 0.0190. The fraction of sp³-hybridized carbons (Fsp3) is 0.618. The average Bonchev–Trinajstić information content (AvgIpc) is 4.04. The molecule has 3 unspecified atom stereocenters. The SMILES string of the molecule is CCn1nccc1C(=O)NC(C(=O)Nc1ccc(C(C)C(NC(=O)COC)C(=O)N2CCN(C)CC2)cc1F)C(C1CC1)C1CC1.CF. The fourth-order valence-corrected chi connectivity index (χ4v) is 6.51. The molecule has 1 saturated heterocycles. The number of aromatic nitrogens is 2. The van der Waals surface area contributed by atoms with Crippen molar-refractivity contribution in [3.63, 3.8) is 0 Å². The molecule has 2 aromatic rings. The Bertz CT molecular complexity index is 1410. The van der Waals surface area contributed by atoms with E-state index >= 15 is 4.39 Å². The molecule has 3 aliphatic rings. The topological polar surface area (TPSA) is 138 Å². The smallest absolute Gasteiger partial charge is 0.270 e. The minimum atomic E-state index is -0.931. The van der Waals surface area contributed by atoms with Crippen molar-refractivity contribution in [2.75, 3.05) is 59.4 Å². The molecule has 2 aliphatic carbocycles. The predicted molar refractivity (Wildman–Crippen MR) is 176 cm³/mol. The number of nitrogens with zero attached hydrogens (tertiary/aromatic N) is 4. The van der Waals surface area contributed by atoms with Gasteiger partial charge in [0, 0.05) is 51.9 Å². The van der Waals surface area contributed by atoms with Crippen molar-refractivity contribution in [3.8, 4) is 0 Å². The van der Waals surface area contributed by atoms with Crippen LogP contribution in [0.25, 0.3) is 0 Å². The molecular weight excluding hydrogens is 624 g/mol. The molecule has 3 atom stereocenters. The van der Waals surface area contributed by atoms with Crippen LogP contribution in [0.3, 0.4) is 0 Å². The zero-order valence-corrected chi connectivity index (χ0v) is 28.5. The summed E-state index contributed by atoms with van der Waals surface area (Å²) in [6, 6.07) is 4.28. The number of piperazine rings is 1. The molecule has 0 radical (unpaired) electrons. The van der Waals surface area contributed by atoms with Crippen molar-refractivity contribution in [2.24, 2.45) is 17.8 Å². The van der Waals surface area contributed by atoms with Gasteiger partial charge in [-0.25, -0.2) is 4.39 Å². The fourth-order valence-electron chi connectivity index (χ4n) is 6.51. The van der Waals surface area contributed by atoms with E-state index in [-0.39, 0.29) is 30.0 Å². The highest BCUT2D eigenvalue weighted by Gasteiger charge is 2.48. The number of likely N-dealkylation sites (N-methyl/N-ethyl adjacent to an activating group) is 1. The highest BCUT2D eigenvalue weighted by atomic mass is 19.1. The Hall–Kier alpha value is -3.91. The van der Waals surface area contributed by atoms with E-state index < -0.39 is 35.6 Å². The predicted octanol–water partition coefficient (Wildman–Crippen LogP) is 2.81. The molecule has 14 heteroatoms. The second-order valence-electron chi connectivity index (χ2n) is 12.9. The van der Waals surface area contributed by atoms with E-state index in [1.54, 1.807) is 34.8 Å². The van der Waals surface area contributed by atoms with Gasteiger partial charge in [-0.05, 0) is 81.2 Å². The molecule has 4 amide bonds. The number of methoxy groups -OCH3 is 1. The summed E-state index contributed by atoms with van der Waals surface area (Å²) in [5.41, 5.74) is 0.843. The third-order valence-corrected chi connectivity index (χ3v) is 9.49. The van der Waals surface area contributed by atoms with Gasteiger partial charge in [-0.2, -0.15) is 5.10 Å². The zero-order valence-electron chi connectivity index (χ0n) is 28.5. The number of aryl methyl sites for hydroxylation is 1. The third-order valence-electron chi connectivity index (χ3n) is 9.49. The van der Waals surface area contributed by atoms with Crippen LogP contribution < -0.4 is 16.0 Å². The number of hydrogen-bond donors (Lipinski definition) is 3. The first-order valence-corrected chi connectivity index (χ1v) is 16.7. The summed E-state index contributed by atoms with van der Waals surface area (Å²) >= 11 is 0. The Morgan fingerprint density at radius 1 is 0.979 bits per heavy atom. The first kappa shape index (κ1) is 36.9. The van der Waals surface area contributed by atoms with Gasteiger partial charge in [0.25, 0.3) is 5.91 Å². The van der Waals surface area contributed by atoms with Crippen LogP contribution in [-0.2, 0) is 25.7 Å². The normalized spacial score (nSPS) is 18.3. The maximum absolute atomic E-state index is 15.7. The number of nitrogens with one attached hydrogen (secondary N) is 3. The number of rotatable bonds is 14. The number of carbonyl (C=O) groups excluding carboxylic acids is 4. The first-order valence-electron chi connectivity index (χ1n) is 16.7. The van der Waals surface area contributed by atoms with Crippen LogP contribution in [0.4, 0.5) is 14.5 Å². The molecule has 1 aromatic heterocycles. The summed E-state index contributed by atoms with van der Waals surface area (Å²) in [4.78, 5) is 57.0. The number of amides is 4. The molecule has 5 rings (SSSR count). The van der Waals surface area contributed by atoms with Crippen LogP contribution >= 0.6 is 0 Å². The molecule has 2 heterocycles. The van der Waals surface area contributed by atoms with Crippen molar-refractivity contribution in [1.82, 2.24) is 30.2 Å². The van der Waals surface area contributed by atoms with Gasteiger partial charge in [-0.15, -0.1) is 0 Å². The molecule has 2 saturated carbocycles. The second kappa shape index (κ2) is 17.0. The maximum Gasteiger partial charge on any atom is 0.270 e. The zero-order chi connectivity index (χ0) is 35.0. The number of carbonyl (C=O) groups is 4. The Morgan fingerprint density at radius 3 is 2.19 bits per heavy atom. The van der Waals surface area contributed by atoms with Gasteiger partial charge in [0.1, 0.15) is 30.2 Å². The Labute approximate surface area is 280 Å². The molecule has 48 heavy (non-hydrogen) atoms. The number of ether oxygens (including phenoxy) is 1. The lowest BCUT2D eigenvalue weighted by atomic mass is 9.88. The van der Waals surface area contributed by atoms with E-state index in [2.05, 4.69) is 25.9 Å². The van der Waals surface area contributed by atoms with Gasteiger partial charge in [-0.3, -0.25) is 28.3 Å². The summed E-state index contributed by atoms with van der Waals surface area (Å²) in [7, 11) is 3.89. The summed E-state index contributed by atoms with van der Waals surface area (Å²) in [5, 5.41) is 12.7. The molecule has 0 bridgehead atoms. The van der Waals surface area contributed by atoms with E-state index in [4.69, 9.17) is 4.74 Å². The molecule has 1 aliphatic heterocycles. The lowest BCUT2D eigenvalue weighted by Gasteiger charge is -2.36. The quantitative estimate of drug-likeness (QED) is 0.281. The monoisotopic (exact) mass is 673 g/mol. The summed E-state index contributed by atoms with van der Waals surface area (Å²) in [5.74, 6) is -2.12. The van der Waals surface area contributed by atoms with Gasteiger partial charge in [-0.1, -0.05) is 13.0 Å². The van der Waals surface area contributed by atoms with Gasteiger partial charge in [0.15, 0.2) is 0 Å². The van der Waals surface area contributed by atoms with Crippen LogP contribution in [0.1, 0.15) is 61.5 Å². The Balaban J connectivity index is 0.00000255. The number of anilines is 1. The van der Waals surface area contributed by atoms with E-state index in [9.17, 15) is 23.6 Å². The number of halogens is 2. The van der Waals surface area contributed by atoms with E-state index in [0.717, 1.165) is 25.7 Å². The standard InChI is InChI=1S/C33H46FN7O5.CH3F/c1-5-41-26(12-13-35-41)31(43)38-30(28(21-6-7-21)22-8-9-22)32(44)36-25-11-10-23(18-24(25)34)20(2)29(37-27(42)19-46-4)33(45)40-16-14-39(3)15-17-40;1-2/h10-13,18,20-22,28-30H,5-9,14-17,19H2,1-4H3,(H,36,44)(H,37,42)(H,38,43);1H3. The highest BCUT2D eigenvalue weighted by molar-refractivity contribution is 6.01. The van der Waals surface area contributed by atoms with Crippen molar-refractivity contribution in [3.05, 3.63) is 47.5 Å². The van der Waals surface area contributed by atoms with Crippen LogP contribution in [0.5, 0.6) is 0 Å². The van der Waals surface area contributed by atoms with Crippen molar-refractivity contribution in [2.45, 2.75) is 64.1 Å². The molecule has 264 valence electrons. The Morgan fingerprint density at radius 2 is 1.62 bits per heavy atom. The third kappa shape index (κ3) is 9.16. The summed E-state index contributed by atoms with van der Waals surface area (Å²) < 4.78 is 31.7. The highest BCUT2D eigenvalue weighted by Crippen LogP contribution is 2.51. The van der Waals surface area contributed by atoms with Crippen LogP contribution in [0, 0.1) is 23.6 Å². The van der Waals surface area contributed by atoms with Gasteiger partial charge in [0.05, 0.1) is 12.9 Å². The number of benzene rings is 1. The minimum Gasteiger partial charge on any atom is -0.375 e. The van der Waals surface area contributed by atoms with Crippen molar-refractivity contribution >= 4 is 29.3 Å². The van der Waals surface area contributed by atoms with Gasteiger partial charge >= 0.3 is 0 Å². The van der Waals surface area contributed by atoms with E-state index in [1.165, 1.54) is 19.2 Å². The van der Waals surface area contributed by atoms with Crippen LogP contribution in [0.15, 0.2) is 30.5 Å². The molecule has 12 nitrogen and oxygen atoms in total. The molecule has 3 N–H and O–H groups in total. The molecule has 0 spiro atoms. The van der Waals surface area contributed by atoms with E-state index in [0.29, 0.717) is 63.0 Å². The Kier molecular flexibility index (Phi) is 13.0. The lowest BCUT2D eigenvalue weighted by Crippen LogP contribution is -2.56. The van der Waals surface area contributed by atoms with Crippen LogP contribution in [-0.4, -0.2) is 109 Å². The molecular formula is C34H49F2N7O5. The average molecular weight is 674 g/mol. The van der Waals surface area contributed by atoms with E-state index in [1.807, 2.05) is 14.0 Å². The second-order valence-corrected chi connectivity index (χ2v) is 12.9. The summed E-state index contributed by atoms with van der Waals surface area (Å²) in [6.45, 7) is 6.44. The number of alkyl halides is 1. The molecule has 3 fully saturated rings. The molecule has 1 aromatic carbocycles. The maximum atomic E-state index is 15.7. The number of hydrogen-bond acceptors (Lipinski definition) is 7. The first-order chi connectivity index (χ1) is 23.1. The van der Waals surface area contributed by atoms with Gasteiger partial charge in [0.2, 0.25) is 17.7 Å². The van der Waals surface area contributed by atoms with Crippen molar-refractivity contribution < 1.29 is 32.7 Å².